The van der Waals surface area contributed by atoms with Crippen LogP contribution in [0.25, 0.3) is 0 Å². The zero-order valence-electron chi connectivity index (χ0n) is 11.4. The molecule has 0 unspecified atom stereocenters. The third-order valence-electron chi connectivity index (χ3n) is 2.69. The number of nitrogens with zero attached hydrogens (tertiary/aromatic N) is 1. The first kappa shape index (κ1) is 14.5. The molecule has 0 aliphatic heterocycles. The van der Waals surface area contributed by atoms with Crippen LogP contribution < -0.4 is 10.7 Å². The van der Waals surface area contributed by atoms with Gasteiger partial charge in [-0.1, -0.05) is 18.2 Å². The van der Waals surface area contributed by atoms with Gasteiger partial charge < -0.3 is 9.73 Å². The van der Waals surface area contributed by atoms with E-state index in [-0.39, 0.29) is 5.91 Å². The van der Waals surface area contributed by atoms with Crippen molar-refractivity contribution in [2.24, 2.45) is 5.10 Å². The van der Waals surface area contributed by atoms with Crippen LogP contribution in [0.3, 0.4) is 0 Å². The molecule has 1 atom stereocenters. The molecular weight excluding hydrogens is 270 g/mol. The van der Waals surface area contributed by atoms with Crippen LogP contribution in [0.5, 0.6) is 0 Å². The van der Waals surface area contributed by atoms with Gasteiger partial charge >= 0.3 is 0 Å². The van der Waals surface area contributed by atoms with Gasteiger partial charge in [-0.15, -0.1) is 0 Å². The van der Waals surface area contributed by atoms with E-state index in [0.717, 1.165) is 0 Å². The average molecular weight is 285 g/mol. The van der Waals surface area contributed by atoms with Gasteiger partial charge in [0.25, 0.3) is 11.8 Å². The molecule has 1 aromatic heterocycles. The Labute approximate surface area is 121 Å². The zero-order valence-corrected chi connectivity index (χ0v) is 11.4. The summed E-state index contributed by atoms with van der Waals surface area (Å²) < 4.78 is 5.03. The lowest BCUT2D eigenvalue weighted by atomic mass is 10.2. The van der Waals surface area contributed by atoms with Crippen LogP contribution in [0.1, 0.15) is 23.0 Å². The lowest BCUT2D eigenvalue weighted by Crippen LogP contribution is -2.43. The largest absolute Gasteiger partial charge is 0.463 e. The first-order chi connectivity index (χ1) is 10.2. The Morgan fingerprint density at radius 2 is 1.95 bits per heavy atom. The fourth-order valence-corrected chi connectivity index (χ4v) is 1.56. The van der Waals surface area contributed by atoms with Crippen molar-refractivity contribution in [3.8, 4) is 0 Å². The monoisotopic (exact) mass is 285 g/mol. The highest BCUT2D eigenvalue weighted by molar-refractivity contribution is 5.97. The first-order valence-electron chi connectivity index (χ1n) is 6.39. The van der Waals surface area contributed by atoms with E-state index in [2.05, 4.69) is 15.8 Å². The number of benzene rings is 1. The summed E-state index contributed by atoms with van der Waals surface area (Å²) in [6.07, 6.45) is 2.88. The van der Waals surface area contributed by atoms with Crippen molar-refractivity contribution in [1.29, 1.82) is 0 Å². The van der Waals surface area contributed by atoms with Crippen LogP contribution >= 0.6 is 0 Å². The van der Waals surface area contributed by atoms with Crippen LogP contribution in [0.15, 0.2) is 58.2 Å². The maximum absolute atomic E-state index is 11.9. The summed E-state index contributed by atoms with van der Waals surface area (Å²) in [4.78, 5) is 23.6. The van der Waals surface area contributed by atoms with Crippen LogP contribution in [-0.2, 0) is 4.79 Å². The highest BCUT2D eigenvalue weighted by Crippen LogP contribution is 1.99. The summed E-state index contributed by atoms with van der Waals surface area (Å²) in [5, 5.41) is 6.34. The van der Waals surface area contributed by atoms with Gasteiger partial charge in [-0.3, -0.25) is 9.59 Å². The molecule has 2 rings (SSSR count). The number of amides is 2. The van der Waals surface area contributed by atoms with Gasteiger partial charge in [-0.05, 0) is 31.2 Å². The van der Waals surface area contributed by atoms with Gasteiger partial charge in [-0.2, -0.15) is 5.10 Å². The van der Waals surface area contributed by atoms with Crippen molar-refractivity contribution in [1.82, 2.24) is 10.7 Å². The first-order valence-corrected chi connectivity index (χ1v) is 6.39. The molecule has 0 aliphatic rings. The highest BCUT2D eigenvalue weighted by atomic mass is 16.3. The molecule has 0 bridgehead atoms. The minimum atomic E-state index is -0.702. The second kappa shape index (κ2) is 7.04. The molecule has 0 aliphatic carbocycles. The molecule has 0 fully saturated rings. The number of nitrogens with one attached hydrogen (secondary N) is 2. The van der Waals surface area contributed by atoms with Crippen LogP contribution in [-0.4, -0.2) is 24.1 Å². The van der Waals surface area contributed by atoms with Crippen molar-refractivity contribution >= 4 is 18.0 Å². The Bertz CT molecular complexity index is 621. The third kappa shape index (κ3) is 4.31. The number of hydrogen-bond acceptors (Lipinski definition) is 4. The molecule has 0 radical (unpaired) electrons. The Balaban J connectivity index is 1.84. The van der Waals surface area contributed by atoms with E-state index in [1.807, 2.05) is 6.07 Å². The van der Waals surface area contributed by atoms with Gasteiger partial charge in [0.2, 0.25) is 0 Å². The number of hydrogen-bond donors (Lipinski definition) is 2. The molecule has 108 valence electrons. The minimum Gasteiger partial charge on any atom is -0.463 e. The van der Waals surface area contributed by atoms with E-state index in [1.165, 1.54) is 12.5 Å². The molecule has 6 nitrogen and oxygen atoms in total. The summed E-state index contributed by atoms with van der Waals surface area (Å²) in [5.41, 5.74) is 2.83. The van der Waals surface area contributed by atoms with Crippen molar-refractivity contribution in [2.75, 3.05) is 0 Å². The number of furan rings is 1. The maximum atomic E-state index is 11.9. The Morgan fingerprint density at radius 3 is 2.62 bits per heavy atom. The number of carbonyl (C=O) groups excluding carboxylic acids is 2. The summed E-state index contributed by atoms with van der Waals surface area (Å²) >= 11 is 0. The van der Waals surface area contributed by atoms with Gasteiger partial charge in [0, 0.05) is 5.56 Å². The molecule has 21 heavy (non-hydrogen) atoms. The number of rotatable bonds is 5. The Kier molecular flexibility index (Phi) is 4.87. The van der Waals surface area contributed by atoms with Crippen molar-refractivity contribution in [2.45, 2.75) is 13.0 Å². The number of carbonyl (C=O) groups is 2. The topological polar surface area (TPSA) is 83.7 Å². The molecule has 2 N–H and O–H groups in total. The normalized spacial score (nSPS) is 12.0. The van der Waals surface area contributed by atoms with E-state index < -0.39 is 11.9 Å². The Hall–Kier alpha value is -2.89. The van der Waals surface area contributed by atoms with Crippen LogP contribution in [0.2, 0.25) is 0 Å². The average Bonchev–Trinajstić information content (AvgIpc) is 3.01. The molecule has 0 saturated carbocycles. The summed E-state index contributed by atoms with van der Waals surface area (Å²) in [6.45, 7) is 1.58. The van der Waals surface area contributed by atoms with Crippen LogP contribution in [0.4, 0.5) is 0 Å². The predicted molar refractivity (Wildman–Crippen MR) is 77.8 cm³/mol. The van der Waals surface area contributed by atoms with E-state index in [9.17, 15) is 9.59 Å². The molecule has 2 amide bonds. The van der Waals surface area contributed by atoms with Crippen molar-refractivity contribution < 1.29 is 14.0 Å². The van der Waals surface area contributed by atoms with E-state index >= 15 is 0 Å². The fourth-order valence-electron chi connectivity index (χ4n) is 1.56. The maximum Gasteiger partial charge on any atom is 0.262 e. The third-order valence-corrected chi connectivity index (χ3v) is 2.69. The zero-order chi connectivity index (χ0) is 15.1. The second-order valence-electron chi connectivity index (χ2n) is 4.31. The fraction of sp³-hybridized carbons (Fsp3) is 0.133. The van der Waals surface area contributed by atoms with Crippen molar-refractivity contribution in [3.63, 3.8) is 0 Å². The van der Waals surface area contributed by atoms with Crippen LogP contribution in [0, 0.1) is 0 Å². The molecule has 1 aromatic carbocycles. The summed E-state index contributed by atoms with van der Waals surface area (Å²) in [6, 6.07) is 11.4. The van der Waals surface area contributed by atoms with Gasteiger partial charge in [0.1, 0.15) is 11.8 Å². The summed E-state index contributed by atoms with van der Waals surface area (Å²) in [7, 11) is 0. The van der Waals surface area contributed by atoms with E-state index in [0.29, 0.717) is 11.3 Å². The highest BCUT2D eigenvalue weighted by Gasteiger charge is 2.15. The van der Waals surface area contributed by atoms with Gasteiger partial charge in [0.15, 0.2) is 0 Å². The Morgan fingerprint density at radius 1 is 1.19 bits per heavy atom. The minimum absolute atomic E-state index is 0.312. The molecular formula is C15H15N3O3. The summed E-state index contributed by atoms with van der Waals surface area (Å²) in [5.74, 6) is -0.202. The van der Waals surface area contributed by atoms with E-state index in [4.69, 9.17) is 4.42 Å². The molecule has 2 aromatic rings. The SMILES string of the molecule is C[C@H](NC(=O)c1ccccc1)C(=O)NN=Cc1ccco1. The quantitative estimate of drug-likeness (QED) is 0.645. The molecule has 6 heteroatoms. The van der Waals surface area contributed by atoms with E-state index in [1.54, 1.807) is 43.3 Å². The van der Waals surface area contributed by atoms with Crippen molar-refractivity contribution in [3.05, 3.63) is 60.1 Å². The van der Waals surface area contributed by atoms with Gasteiger partial charge in [-0.25, -0.2) is 5.43 Å². The standard InChI is InChI=1S/C15H15N3O3/c1-11(17-15(20)12-6-3-2-4-7-12)14(19)18-16-10-13-8-5-9-21-13/h2-11H,1H3,(H,17,20)(H,18,19)/t11-/m0/s1. The van der Waals surface area contributed by atoms with Gasteiger partial charge in [0.05, 0.1) is 12.5 Å². The predicted octanol–water partition coefficient (Wildman–Crippen LogP) is 1.55. The smallest absolute Gasteiger partial charge is 0.262 e. The molecule has 0 saturated heterocycles. The second-order valence-corrected chi connectivity index (χ2v) is 4.31. The number of hydrazone groups is 1. The lowest BCUT2D eigenvalue weighted by Gasteiger charge is -2.11. The lowest BCUT2D eigenvalue weighted by molar-refractivity contribution is -0.122. The molecule has 1 heterocycles. The molecule has 0 spiro atoms.